The fourth-order valence-electron chi connectivity index (χ4n) is 2.86. The summed E-state index contributed by atoms with van der Waals surface area (Å²) in [6, 6.07) is 22.4. The third-order valence-electron chi connectivity index (χ3n) is 4.28. The number of nitrogens with two attached hydrogens (primary N) is 1. The maximum atomic E-state index is 12.9. The Balaban J connectivity index is 0.00000243. The lowest BCUT2D eigenvalue weighted by molar-refractivity contribution is 0.100. The summed E-state index contributed by atoms with van der Waals surface area (Å²) in [5.41, 5.74) is 10.3. The zero-order chi connectivity index (χ0) is 17.6. The number of halogens is 2. The van der Waals surface area contributed by atoms with Crippen LogP contribution < -0.4 is 5.73 Å². The number of hydrogen-bond donors (Lipinski definition) is 1. The Morgan fingerprint density at radius 1 is 0.808 bits per heavy atom. The highest BCUT2D eigenvalue weighted by Gasteiger charge is 2.04. The summed E-state index contributed by atoms with van der Waals surface area (Å²) in [6.07, 6.45) is 2.92. The van der Waals surface area contributed by atoms with E-state index < -0.39 is 5.91 Å². The van der Waals surface area contributed by atoms with E-state index in [1.165, 1.54) is 17.7 Å². The molecule has 0 unspecified atom stereocenters. The summed E-state index contributed by atoms with van der Waals surface area (Å²) in [6.45, 7) is 0. The average Bonchev–Trinajstić information content (AvgIpc) is 2.64. The molecule has 3 aromatic rings. The number of primary amides is 1. The van der Waals surface area contributed by atoms with Crippen molar-refractivity contribution in [2.24, 2.45) is 5.73 Å². The first kappa shape index (κ1) is 19.7. The second kappa shape index (κ2) is 9.16. The Labute approximate surface area is 159 Å². The van der Waals surface area contributed by atoms with Gasteiger partial charge in [0.1, 0.15) is 5.82 Å². The fourth-order valence-corrected chi connectivity index (χ4v) is 2.86. The van der Waals surface area contributed by atoms with Gasteiger partial charge in [-0.05, 0) is 65.8 Å². The second-order valence-corrected chi connectivity index (χ2v) is 6.12. The van der Waals surface area contributed by atoms with Crippen molar-refractivity contribution in [3.05, 3.63) is 95.3 Å². The molecule has 0 aliphatic rings. The number of rotatable bonds is 6. The van der Waals surface area contributed by atoms with Crippen molar-refractivity contribution in [1.29, 1.82) is 0 Å². The van der Waals surface area contributed by atoms with Gasteiger partial charge in [0.15, 0.2) is 0 Å². The van der Waals surface area contributed by atoms with E-state index >= 15 is 0 Å². The van der Waals surface area contributed by atoms with Crippen LogP contribution in [0, 0.1) is 5.82 Å². The molecule has 3 rings (SSSR count). The minimum Gasteiger partial charge on any atom is -0.366 e. The van der Waals surface area contributed by atoms with Crippen LogP contribution in [-0.4, -0.2) is 5.91 Å². The molecule has 0 heterocycles. The molecule has 134 valence electrons. The van der Waals surface area contributed by atoms with Gasteiger partial charge in [0.05, 0.1) is 0 Å². The minimum absolute atomic E-state index is 0. The quantitative estimate of drug-likeness (QED) is 0.638. The molecule has 4 heteroatoms. The van der Waals surface area contributed by atoms with Crippen LogP contribution in [0.1, 0.15) is 27.9 Å². The van der Waals surface area contributed by atoms with E-state index in [1.54, 1.807) is 6.07 Å². The highest BCUT2D eigenvalue weighted by atomic mass is 35.5. The summed E-state index contributed by atoms with van der Waals surface area (Å²) in [5, 5.41) is 0. The second-order valence-electron chi connectivity index (χ2n) is 6.12. The molecule has 0 saturated carbocycles. The Morgan fingerprint density at radius 3 is 1.96 bits per heavy atom. The zero-order valence-electron chi connectivity index (χ0n) is 14.3. The zero-order valence-corrected chi connectivity index (χ0v) is 15.1. The molecule has 0 spiro atoms. The van der Waals surface area contributed by atoms with Crippen molar-refractivity contribution in [3.8, 4) is 11.1 Å². The molecule has 0 aliphatic heterocycles. The Bertz CT molecular complexity index is 860. The van der Waals surface area contributed by atoms with Crippen LogP contribution in [0.5, 0.6) is 0 Å². The Morgan fingerprint density at radius 2 is 1.38 bits per heavy atom. The Kier molecular flexibility index (Phi) is 6.93. The highest BCUT2D eigenvalue weighted by Crippen LogP contribution is 2.21. The molecule has 26 heavy (non-hydrogen) atoms. The monoisotopic (exact) mass is 369 g/mol. The van der Waals surface area contributed by atoms with Gasteiger partial charge in [0.25, 0.3) is 0 Å². The molecular formula is C22H21ClFNO. The lowest BCUT2D eigenvalue weighted by atomic mass is 9.99. The molecule has 0 saturated heterocycles. The van der Waals surface area contributed by atoms with Crippen LogP contribution in [0.2, 0.25) is 0 Å². The van der Waals surface area contributed by atoms with E-state index in [9.17, 15) is 9.18 Å². The van der Waals surface area contributed by atoms with Crippen LogP contribution in [0.25, 0.3) is 11.1 Å². The Hall–Kier alpha value is -2.65. The van der Waals surface area contributed by atoms with E-state index in [1.807, 2.05) is 30.3 Å². The summed E-state index contributed by atoms with van der Waals surface area (Å²) in [7, 11) is 0. The third kappa shape index (κ3) is 5.17. The first-order valence-corrected chi connectivity index (χ1v) is 8.35. The molecule has 0 aliphatic carbocycles. The summed E-state index contributed by atoms with van der Waals surface area (Å²) >= 11 is 0. The molecule has 3 aromatic carbocycles. The van der Waals surface area contributed by atoms with Crippen molar-refractivity contribution in [2.45, 2.75) is 19.3 Å². The molecule has 1 amide bonds. The van der Waals surface area contributed by atoms with Gasteiger partial charge >= 0.3 is 0 Å². The van der Waals surface area contributed by atoms with Gasteiger partial charge in [0, 0.05) is 5.56 Å². The van der Waals surface area contributed by atoms with Crippen molar-refractivity contribution in [2.75, 3.05) is 0 Å². The maximum Gasteiger partial charge on any atom is 0.248 e. The molecule has 0 bridgehead atoms. The highest BCUT2D eigenvalue weighted by molar-refractivity contribution is 5.94. The van der Waals surface area contributed by atoms with Gasteiger partial charge in [-0.15, -0.1) is 12.4 Å². The van der Waals surface area contributed by atoms with E-state index in [0.29, 0.717) is 5.56 Å². The van der Waals surface area contributed by atoms with Gasteiger partial charge in [-0.25, -0.2) is 4.39 Å². The van der Waals surface area contributed by atoms with Gasteiger partial charge < -0.3 is 5.73 Å². The van der Waals surface area contributed by atoms with E-state index in [2.05, 4.69) is 24.3 Å². The van der Waals surface area contributed by atoms with Gasteiger partial charge in [-0.2, -0.15) is 0 Å². The van der Waals surface area contributed by atoms with Crippen LogP contribution in [0.4, 0.5) is 4.39 Å². The predicted molar refractivity (Wildman–Crippen MR) is 106 cm³/mol. The van der Waals surface area contributed by atoms with Crippen molar-refractivity contribution in [1.82, 2.24) is 0 Å². The van der Waals surface area contributed by atoms with E-state index in [4.69, 9.17) is 5.73 Å². The number of carbonyl (C=O) groups excluding carboxylic acids is 1. The smallest absolute Gasteiger partial charge is 0.248 e. The molecular weight excluding hydrogens is 349 g/mol. The molecule has 2 N–H and O–H groups in total. The number of hydrogen-bond acceptors (Lipinski definition) is 1. The standard InChI is InChI=1S/C22H20FNO.ClH/c23-21-13-9-17(10-14-21)4-1-3-16-7-11-18(12-8-16)19-5-2-6-20(15-19)22(24)25;/h2,5-15H,1,3-4H2,(H2,24,25);1H. The first-order valence-electron chi connectivity index (χ1n) is 8.35. The first-order chi connectivity index (χ1) is 12.1. The molecule has 0 aromatic heterocycles. The number of carbonyl (C=O) groups is 1. The summed E-state index contributed by atoms with van der Waals surface area (Å²) in [5.74, 6) is -0.612. The molecule has 0 fully saturated rings. The minimum atomic E-state index is -0.417. The largest absolute Gasteiger partial charge is 0.366 e. The molecule has 0 atom stereocenters. The maximum absolute atomic E-state index is 12.9. The number of benzene rings is 3. The fraction of sp³-hybridized carbons (Fsp3) is 0.136. The molecule has 2 nitrogen and oxygen atoms in total. The van der Waals surface area contributed by atoms with Gasteiger partial charge in [0.2, 0.25) is 5.91 Å². The van der Waals surface area contributed by atoms with Crippen LogP contribution in [0.15, 0.2) is 72.8 Å². The van der Waals surface area contributed by atoms with Crippen molar-refractivity contribution < 1.29 is 9.18 Å². The lowest BCUT2D eigenvalue weighted by Crippen LogP contribution is -2.10. The predicted octanol–water partition coefficient (Wildman–Crippen LogP) is 5.19. The van der Waals surface area contributed by atoms with E-state index in [-0.39, 0.29) is 18.2 Å². The van der Waals surface area contributed by atoms with Crippen molar-refractivity contribution in [3.63, 3.8) is 0 Å². The lowest BCUT2D eigenvalue weighted by Gasteiger charge is -2.06. The van der Waals surface area contributed by atoms with Gasteiger partial charge in [-0.3, -0.25) is 4.79 Å². The number of aryl methyl sites for hydroxylation is 2. The van der Waals surface area contributed by atoms with Gasteiger partial charge in [-0.1, -0.05) is 48.5 Å². The normalized spacial score (nSPS) is 10.2. The van der Waals surface area contributed by atoms with Crippen LogP contribution in [-0.2, 0) is 12.8 Å². The average molecular weight is 370 g/mol. The summed E-state index contributed by atoms with van der Waals surface area (Å²) in [4.78, 5) is 11.3. The van der Waals surface area contributed by atoms with Crippen LogP contribution >= 0.6 is 12.4 Å². The molecule has 0 radical (unpaired) electrons. The number of amides is 1. The van der Waals surface area contributed by atoms with Crippen molar-refractivity contribution >= 4 is 18.3 Å². The van der Waals surface area contributed by atoms with Crippen LogP contribution in [0.3, 0.4) is 0 Å². The SMILES string of the molecule is Cl.NC(=O)c1cccc(-c2ccc(CCCc3ccc(F)cc3)cc2)c1. The third-order valence-corrected chi connectivity index (χ3v) is 4.28. The van der Waals surface area contributed by atoms with E-state index in [0.717, 1.165) is 36.0 Å². The topological polar surface area (TPSA) is 43.1 Å². The summed E-state index contributed by atoms with van der Waals surface area (Å²) < 4.78 is 12.9.